The summed E-state index contributed by atoms with van der Waals surface area (Å²) in [7, 11) is 0. The highest BCUT2D eigenvalue weighted by atomic mass is 32.1. The predicted octanol–water partition coefficient (Wildman–Crippen LogP) is 1.73. The standard InChI is InChI=1S/C15H20N2O4S/c1-10(18)16-17-14(19)9-21-15(20)13-8-11-6-4-2-3-5-7-12(11)22-13/h8H,2-7,9H2,1H3,(H,16,18)(H,17,19). The van der Waals surface area contributed by atoms with Crippen molar-refractivity contribution in [2.24, 2.45) is 0 Å². The first-order valence-electron chi connectivity index (χ1n) is 7.40. The van der Waals surface area contributed by atoms with E-state index >= 15 is 0 Å². The quantitative estimate of drug-likeness (QED) is 0.655. The summed E-state index contributed by atoms with van der Waals surface area (Å²) in [6.07, 6.45) is 6.79. The largest absolute Gasteiger partial charge is 0.451 e. The Bertz CT molecular complexity index is 542. The molecule has 7 heteroatoms. The molecule has 6 nitrogen and oxygen atoms in total. The van der Waals surface area contributed by atoms with Crippen molar-refractivity contribution in [3.05, 3.63) is 21.4 Å². The lowest BCUT2D eigenvalue weighted by Crippen LogP contribution is -2.42. The van der Waals surface area contributed by atoms with Crippen LogP contribution in [0.5, 0.6) is 0 Å². The van der Waals surface area contributed by atoms with Crippen LogP contribution in [0.25, 0.3) is 0 Å². The second-order valence-corrected chi connectivity index (χ2v) is 6.42. The van der Waals surface area contributed by atoms with Crippen molar-refractivity contribution in [2.75, 3.05) is 6.61 Å². The van der Waals surface area contributed by atoms with Crippen molar-refractivity contribution in [3.63, 3.8) is 0 Å². The van der Waals surface area contributed by atoms with Gasteiger partial charge in [0.2, 0.25) is 5.91 Å². The maximum atomic E-state index is 12.0. The molecule has 2 amide bonds. The summed E-state index contributed by atoms with van der Waals surface area (Å²) in [5, 5.41) is 0. The molecule has 0 saturated heterocycles. The number of esters is 1. The summed E-state index contributed by atoms with van der Waals surface area (Å²) in [5.74, 6) is -1.45. The van der Waals surface area contributed by atoms with Gasteiger partial charge in [-0.05, 0) is 37.3 Å². The number of hydrogen-bond acceptors (Lipinski definition) is 5. The number of amides is 2. The third kappa shape index (κ3) is 4.84. The lowest BCUT2D eigenvalue weighted by molar-refractivity contribution is -0.129. The number of fused-ring (bicyclic) bond motifs is 1. The molecule has 0 radical (unpaired) electrons. The molecule has 0 fully saturated rings. The van der Waals surface area contributed by atoms with Crippen LogP contribution >= 0.6 is 11.3 Å². The van der Waals surface area contributed by atoms with Crippen molar-refractivity contribution in [1.29, 1.82) is 0 Å². The van der Waals surface area contributed by atoms with Crippen molar-refractivity contribution >= 4 is 29.1 Å². The molecule has 1 aliphatic carbocycles. The summed E-state index contributed by atoms with van der Waals surface area (Å²) >= 11 is 1.46. The molecule has 2 N–H and O–H groups in total. The molecule has 0 unspecified atom stereocenters. The van der Waals surface area contributed by atoms with Crippen LogP contribution in [0, 0.1) is 0 Å². The second kappa shape index (κ2) is 7.93. The molecule has 0 aliphatic heterocycles. The van der Waals surface area contributed by atoms with Gasteiger partial charge < -0.3 is 4.74 Å². The number of thiophene rings is 1. The Morgan fingerprint density at radius 3 is 2.59 bits per heavy atom. The Labute approximate surface area is 133 Å². The van der Waals surface area contributed by atoms with E-state index in [0.717, 1.165) is 25.7 Å². The van der Waals surface area contributed by atoms with Gasteiger partial charge in [0.25, 0.3) is 5.91 Å². The zero-order valence-corrected chi connectivity index (χ0v) is 13.4. The molecule has 0 saturated carbocycles. The van der Waals surface area contributed by atoms with Gasteiger partial charge in [-0.2, -0.15) is 0 Å². The SMILES string of the molecule is CC(=O)NNC(=O)COC(=O)c1cc2c(s1)CCCCCC2. The molecule has 0 aromatic carbocycles. The molecule has 1 aromatic rings. The van der Waals surface area contributed by atoms with E-state index in [1.54, 1.807) is 0 Å². The molecule has 1 heterocycles. The van der Waals surface area contributed by atoms with E-state index in [1.807, 2.05) is 6.07 Å². The van der Waals surface area contributed by atoms with Crippen LogP contribution < -0.4 is 10.9 Å². The zero-order valence-electron chi connectivity index (χ0n) is 12.6. The van der Waals surface area contributed by atoms with Crippen LogP contribution in [-0.4, -0.2) is 24.4 Å². The topological polar surface area (TPSA) is 84.5 Å². The number of hydrazine groups is 1. The molecule has 22 heavy (non-hydrogen) atoms. The average Bonchev–Trinajstić information content (AvgIpc) is 2.85. The van der Waals surface area contributed by atoms with Crippen molar-refractivity contribution in [3.8, 4) is 0 Å². The summed E-state index contributed by atoms with van der Waals surface area (Å²) in [6, 6.07) is 1.89. The lowest BCUT2D eigenvalue weighted by atomic mass is 10.00. The molecule has 0 bridgehead atoms. The van der Waals surface area contributed by atoms with E-state index < -0.39 is 24.4 Å². The third-order valence-corrected chi connectivity index (χ3v) is 4.63. The molecule has 2 rings (SSSR count). The number of hydrogen-bond donors (Lipinski definition) is 2. The number of carbonyl (C=O) groups is 3. The maximum absolute atomic E-state index is 12.0. The van der Waals surface area contributed by atoms with Crippen molar-refractivity contribution in [2.45, 2.75) is 45.4 Å². The van der Waals surface area contributed by atoms with Gasteiger partial charge in [-0.15, -0.1) is 11.3 Å². The van der Waals surface area contributed by atoms with Crippen molar-refractivity contribution in [1.82, 2.24) is 10.9 Å². The molecule has 1 aliphatic rings. The van der Waals surface area contributed by atoms with Crippen LogP contribution in [0.1, 0.15) is 52.7 Å². The van der Waals surface area contributed by atoms with E-state index in [0.29, 0.717) is 4.88 Å². The van der Waals surface area contributed by atoms with Crippen LogP contribution in [0.3, 0.4) is 0 Å². The highest BCUT2D eigenvalue weighted by molar-refractivity contribution is 7.14. The van der Waals surface area contributed by atoms with Crippen LogP contribution in [0.15, 0.2) is 6.07 Å². The summed E-state index contributed by atoms with van der Waals surface area (Å²) in [4.78, 5) is 35.8. The number of rotatable bonds is 3. The number of nitrogens with one attached hydrogen (secondary N) is 2. The fourth-order valence-electron chi connectivity index (χ4n) is 2.34. The van der Waals surface area contributed by atoms with Gasteiger partial charge in [0.1, 0.15) is 4.88 Å². The number of ether oxygens (including phenoxy) is 1. The van der Waals surface area contributed by atoms with Gasteiger partial charge >= 0.3 is 5.97 Å². The van der Waals surface area contributed by atoms with Crippen molar-refractivity contribution < 1.29 is 19.1 Å². The molecule has 0 atom stereocenters. The van der Waals surface area contributed by atoms with Crippen LogP contribution in [0.4, 0.5) is 0 Å². The Balaban J connectivity index is 1.88. The third-order valence-electron chi connectivity index (χ3n) is 3.41. The number of aryl methyl sites for hydroxylation is 2. The summed E-state index contributed by atoms with van der Waals surface area (Å²) < 4.78 is 4.97. The van der Waals surface area contributed by atoms with E-state index in [1.165, 1.54) is 41.5 Å². The maximum Gasteiger partial charge on any atom is 0.348 e. The van der Waals surface area contributed by atoms with Gasteiger partial charge in [0, 0.05) is 11.8 Å². The predicted molar refractivity (Wildman–Crippen MR) is 82.4 cm³/mol. The fourth-order valence-corrected chi connectivity index (χ4v) is 3.49. The summed E-state index contributed by atoms with van der Waals surface area (Å²) in [6.45, 7) is 0.856. The van der Waals surface area contributed by atoms with E-state index in [9.17, 15) is 14.4 Å². The Hall–Kier alpha value is -1.89. The first kappa shape index (κ1) is 16.5. The Kier molecular flexibility index (Phi) is 5.94. The van der Waals surface area contributed by atoms with Gasteiger partial charge in [0.05, 0.1) is 0 Å². The minimum Gasteiger partial charge on any atom is -0.451 e. The van der Waals surface area contributed by atoms with Gasteiger partial charge in [-0.1, -0.05) is 12.8 Å². The van der Waals surface area contributed by atoms with E-state index in [-0.39, 0.29) is 0 Å². The highest BCUT2D eigenvalue weighted by Gasteiger charge is 2.17. The second-order valence-electron chi connectivity index (χ2n) is 5.28. The minimum absolute atomic E-state index is 0.391. The first-order valence-corrected chi connectivity index (χ1v) is 8.22. The highest BCUT2D eigenvalue weighted by Crippen LogP contribution is 2.28. The minimum atomic E-state index is -0.571. The average molecular weight is 324 g/mol. The van der Waals surface area contributed by atoms with E-state index in [2.05, 4.69) is 10.9 Å². The molecule has 120 valence electrons. The van der Waals surface area contributed by atoms with Gasteiger partial charge in [-0.3, -0.25) is 20.4 Å². The van der Waals surface area contributed by atoms with Crippen LogP contribution in [-0.2, 0) is 27.2 Å². The smallest absolute Gasteiger partial charge is 0.348 e. The first-order chi connectivity index (χ1) is 10.6. The monoisotopic (exact) mass is 324 g/mol. The zero-order chi connectivity index (χ0) is 15.9. The lowest BCUT2D eigenvalue weighted by Gasteiger charge is -2.07. The van der Waals surface area contributed by atoms with Crippen LogP contribution in [0.2, 0.25) is 0 Å². The Morgan fingerprint density at radius 1 is 1.14 bits per heavy atom. The fraction of sp³-hybridized carbons (Fsp3) is 0.533. The summed E-state index contributed by atoms with van der Waals surface area (Å²) in [5.41, 5.74) is 5.51. The van der Waals surface area contributed by atoms with Gasteiger partial charge in [-0.25, -0.2) is 4.79 Å². The van der Waals surface area contributed by atoms with Gasteiger partial charge in [0.15, 0.2) is 6.61 Å². The molecular formula is C15H20N2O4S. The Morgan fingerprint density at radius 2 is 1.86 bits per heavy atom. The normalized spacial score (nSPS) is 14.2. The molecule has 1 aromatic heterocycles. The molecular weight excluding hydrogens is 304 g/mol. The van der Waals surface area contributed by atoms with E-state index in [4.69, 9.17) is 4.74 Å². The molecule has 0 spiro atoms. The number of carbonyl (C=O) groups excluding carboxylic acids is 3.